The molecule has 1 aromatic heterocycles. The molecule has 0 spiro atoms. The standard InChI is InChI=1S/C17H23NOS/c1-17(2,3)18-11-15-9-10-16(19-15)13-20-12-14-7-5-4-6-8-14/h4-10,18H,11-13H2,1-3H3. The predicted molar refractivity (Wildman–Crippen MR) is 86.7 cm³/mol. The lowest BCUT2D eigenvalue weighted by molar-refractivity contribution is 0.382. The fourth-order valence-corrected chi connectivity index (χ4v) is 2.68. The molecule has 0 radical (unpaired) electrons. The van der Waals surface area contributed by atoms with Crippen molar-refractivity contribution >= 4 is 11.8 Å². The number of benzene rings is 1. The molecule has 0 unspecified atom stereocenters. The van der Waals surface area contributed by atoms with Crippen LogP contribution in [0.3, 0.4) is 0 Å². The van der Waals surface area contributed by atoms with E-state index in [9.17, 15) is 0 Å². The van der Waals surface area contributed by atoms with Gasteiger partial charge in [-0.25, -0.2) is 0 Å². The van der Waals surface area contributed by atoms with Crippen LogP contribution in [-0.4, -0.2) is 5.54 Å². The van der Waals surface area contributed by atoms with Gasteiger partial charge in [-0.3, -0.25) is 0 Å². The van der Waals surface area contributed by atoms with Gasteiger partial charge in [0, 0.05) is 11.3 Å². The monoisotopic (exact) mass is 289 g/mol. The normalized spacial score (nSPS) is 11.8. The van der Waals surface area contributed by atoms with E-state index in [0.717, 1.165) is 29.6 Å². The molecule has 0 saturated heterocycles. The molecule has 0 aliphatic carbocycles. The Labute approximate surface area is 126 Å². The van der Waals surface area contributed by atoms with E-state index >= 15 is 0 Å². The van der Waals surface area contributed by atoms with Gasteiger partial charge in [0.2, 0.25) is 0 Å². The van der Waals surface area contributed by atoms with E-state index in [1.165, 1.54) is 5.56 Å². The topological polar surface area (TPSA) is 25.2 Å². The van der Waals surface area contributed by atoms with Crippen molar-refractivity contribution in [3.63, 3.8) is 0 Å². The predicted octanol–water partition coefficient (Wildman–Crippen LogP) is 4.60. The number of rotatable bonds is 6. The maximum atomic E-state index is 5.83. The molecule has 2 nitrogen and oxygen atoms in total. The summed E-state index contributed by atoms with van der Waals surface area (Å²) in [6.45, 7) is 7.26. The second-order valence-corrected chi connectivity index (χ2v) is 6.94. The Balaban J connectivity index is 1.75. The Morgan fingerprint density at radius 1 is 0.950 bits per heavy atom. The lowest BCUT2D eigenvalue weighted by atomic mass is 10.1. The van der Waals surface area contributed by atoms with E-state index in [0.29, 0.717) is 0 Å². The van der Waals surface area contributed by atoms with Gasteiger partial charge < -0.3 is 9.73 Å². The third kappa shape index (κ3) is 5.43. The van der Waals surface area contributed by atoms with Gasteiger partial charge >= 0.3 is 0 Å². The maximum absolute atomic E-state index is 5.83. The van der Waals surface area contributed by atoms with Crippen LogP contribution in [0.2, 0.25) is 0 Å². The number of thioether (sulfide) groups is 1. The van der Waals surface area contributed by atoms with E-state index in [1.54, 1.807) is 0 Å². The van der Waals surface area contributed by atoms with Gasteiger partial charge in [0.25, 0.3) is 0 Å². The highest BCUT2D eigenvalue weighted by atomic mass is 32.2. The average Bonchev–Trinajstić information content (AvgIpc) is 2.85. The van der Waals surface area contributed by atoms with E-state index in [2.05, 4.69) is 68.6 Å². The van der Waals surface area contributed by atoms with Crippen molar-refractivity contribution in [1.82, 2.24) is 5.32 Å². The Bertz CT molecular complexity index is 513. The molecular formula is C17H23NOS. The molecule has 2 rings (SSSR count). The van der Waals surface area contributed by atoms with Crippen LogP contribution in [0, 0.1) is 0 Å². The van der Waals surface area contributed by atoms with Crippen LogP contribution in [0.15, 0.2) is 46.9 Å². The lowest BCUT2D eigenvalue weighted by Gasteiger charge is -2.19. The molecule has 3 heteroatoms. The minimum Gasteiger partial charge on any atom is -0.464 e. The summed E-state index contributed by atoms with van der Waals surface area (Å²) in [5.74, 6) is 4.01. The maximum Gasteiger partial charge on any atom is 0.118 e. The van der Waals surface area contributed by atoms with E-state index in [1.807, 2.05) is 11.8 Å². The summed E-state index contributed by atoms with van der Waals surface area (Å²) in [4.78, 5) is 0. The number of nitrogens with one attached hydrogen (secondary N) is 1. The van der Waals surface area contributed by atoms with Crippen molar-refractivity contribution < 1.29 is 4.42 Å². The quantitative estimate of drug-likeness (QED) is 0.841. The molecule has 0 bridgehead atoms. The van der Waals surface area contributed by atoms with E-state index in [4.69, 9.17) is 4.42 Å². The highest BCUT2D eigenvalue weighted by Gasteiger charge is 2.10. The lowest BCUT2D eigenvalue weighted by Crippen LogP contribution is -2.34. The average molecular weight is 289 g/mol. The summed E-state index contributed by atoms with van der Waals surface area (Å²) in [5.41, 5.74) is 1.48. The van der Waals surface area contributed by atoms with Crippen molar-refractivity contribution in [2.24, 2.45) is 0 Å². The fraction of sp³-hybridized carbons (Fsp3) is 0.412. The smallest absolute Gasteiger partial charge is 0.118 e. The SMILES string of the molecule is CC(C)(C)NCc1ccc(CSCc2ccccc2)o1. The van der Waals surface area contributed by atoms with E-state index < -0.39 is 0 Å². The number of furan rings is 1. The molecule has 0 saturated carbocycles. The first kappa shape index (κ1) is 15.2. The summed E-state index contributed by atoms with van der Waals surface area (Å²) in [7, 11) is 0. The Hall–Kier alpha value is -1.19. The van der Waals surface area contributed by atoms with Crippen molar-refractivity contribution in [3.8, 4) is 0 Å². The molecule has 0 amide bonds. The van der Waals surface area contributed by atoms with Gasteiger partial charge in [-0.05, 0) is 38.5 Å². The Morgan fingerprint density at radius 2 is 1.65 bits per heavy atom. The minimum absolute atomic E-state index is 0.120. The molecule has 1 heterocycles. The van der Waals surface area contributed by atoms with Gasteiger partial charge in [-0.1, -0.05) is 30.3 Å². The Kier molecular flexibility index (Phi) is 5.32. The van der Waals surface area contributed by atoms with Gasteiger partial charge in [0.1, 0.15) is 11.5 Å². The summed E-state index contributed by atoms with van der Waals surface area (Å²) in [5, 5.41) is 3.43. The first-order chi connectivity index (χ1) is 9.53. The molecule has 0 aliphatic heterocycles. The van der Waals surface area contributed by atoms with E-state index in [-0.39, 0.29) is 5.54 Å². The van der Waals surface area contributed by atoms with Crippen molar-refractivity contribution in [3.05, 3.63) is 59.5 Å². The molecule has 20 heavy (non-hydrogen) atoms. The van der Waals surface area contributed by atoms with Crippen LogP contribution in [0.25, 0.3) is 0 Å². The highest BCUT2D eigenvalue weighted by Crippen LogP contribution is 2.19. The molecule has 0 atom stereocenters. The zero-order chi connectivity index (χ0) is 14.4. The van der Waals surface area contributed by atoms with Crippen molar-refractivity contribution in [2.45, 2.75) is 44.4 Å². The summed E-state index contributed by atoms with van der Waals surface area (Å²) in [6.07, 6.45) is 0. The van der Waals surface area contributed by atoms with Gasteiger partial charge in [-0.2, -0.15) is 0 Å². The summed E-state index contributed by atoms with van der Waals surface area (Å²) >= 11 is 1.88. The van der Waals surface area contributed by atoms with Crippen molar-refractivity contribution in [2.75, 3.05) is 0 Å². The molecule has 0 aliphatic rings. The van der Waals surface area contributed by atoms with Crippen LogP contribution < -0.4 is 5.32 Å². The summed E-state index contributed by atoms with van der Waals surface area (Å²) in [6, 6.07) is 14.7. The zero-order valence-corrected chi connectivity index (χ0v) is 13.3. The van der Waals surface area contributed by atoms with Crippen LogP contribution in [0.5, 0.6) is 0 Å². The second kappa shape index (κ2) is 7.00. The molecule has 2 aromatic rings. The molecule has 0 fully saturated rings. The summed E-state index contributed by atoms with van der Waals surface area (Å²) < 4.78 is 5.83. The molecule has 108 valence electrons. The first-order valence-electron chi connectivity index (χ1n) is 6.97. The first-order valence-corrected chi connectivity index (χ1v) is 8.13. The largest absolute Gasteiger partial charge is 0.464 e. The van der Waals surface area contributed by atoms with Crippen LogP contribution >= 0.6 is 11.8 Å². The van der Waals surface area contributed by atoms with Crippen LogP contribution in [0.1, 0.15) is 37.9 Å². The third-order valence-corrected chi connectivity index (χ3v) is 3.89. The Morgan fingerprint density at radius 3 is 2.35 bits per heavy atom. The molecule has 1 N–H and O–H groups in total. The van der Waals surface area contributed by atoms with Crippen LogP contribution in [0.4, 0.5) is 0 Å². The van der Waals surface area contributed by atoms with Crippen LogP contribution in [-0.2, 0) is 18.1 Å². The highest BCUT2D eigenvalue weighted by molar-refractivity contribution is 7.97. The number of hydrogen-bond donors (Lipinski definition) is 1. The second-order valence-electron chi connectivity index (χ2n) is 5.95. The van der Waals surface area contributed by atoms with Gasteiger partial charge in [-0.15, -0.1) is 11.8 Å². The van der Waals surface area contributed by atoms with Gasteiger partial charge in [0.05, 0.1) is 12.3 Å². The van der Waals surface area contributed by atoms with Crippen molar-refractivity contribution in [1.29, 1.82) is 0 Å². The van der Waals surface area contributed by atoms with Gasteiger partial charge in [0.15, 0.2) is 0 Å². The number of hydrogen-bond acceptors (Lipinski definition) is 3. The minimum atomic E-state index is 0.120. The molecular weight excluding hydrogens is 266 g/mol. The molecule has 1 aromatic carbocycles. The fourth-order valence-electron chi connectivity index (χ4n) is 1.79. The third-order valence-electron chi connectivity index (χ3n) is 2.87. The zero-order valence-electron chi connectivity index (χ0n) is 12.5.